The van der Waals surface area contributed by atoms with Crippen LogP contribution in [0.15, 0.2) is 28.8 Å². The van der Waals surface area contributed by atoms with E-state index in [1.807, 2.05) is 0 Å². The van der Waals surface area contributed by atoms with E-state index in [1.165, 1.54) is 34.1 Å². The highest BCUT2D eigenvalue weighted by Crippen LogP contribution is 2.28. The molecule has 1 aliphatic heterocycles. The van der Waals surface area contributed by atoms with E-state index in [9.17, 15) is 14.0 Å². The standard InChI is InChI=1S/C16H16FN3O3/c1-9-14(11(3)23-18-9)8-19-15(21)10(2)20(16(19)22)13-6-4-12(17)5-7-13/h4-7,10H,8H2,1-3H3/t10-/m1/s1. The summed E-state index contributed by atoms with van der Waals surface area (Å²) in [5.41, 5.74) is 1.86. The van der Waals surface area contributed by atoms with Gasteiger partial charge in [-0.2, -0.15) is 0 Å². The predicted molar refractivity (Wildman–Crippen MR) is 80.3 cm³/mol. The third kappa shape index (κ3) is 2.48. The van der Waals surface area contributed by atoms with Crippen molar-refractivity contribution in [1.29, 1.82) is 0 Å². The number of benzene rings is 1. The topological polar surface area (TPSA) is 66.7 Å². The van der Waals surface area contributed by atoms with E-state index in [1.54, 1.807) is 20.8 Å². The summed E-state index contributed by atoms with van der Waals surface area (Å²) < 4.78 is 18.1. The first-order valence-corrected chi connectivity index (χ1v) is 7.22. The van der Waals surface area contributed by atoms with Crippen LogP contribution in [-0.2, 0) is 11.3 Å². The van der Waals surface area contributed by atoms with Crippen molar-refractivity contribution < 1.29 is 18.5 Å². The molecule has 23 heavy (non-hydrogen) atoms. The van der Waals surface area contributed by atoms with Crippen LogP contribution in [0.2, 0.25) is 0 Å². The average Bonchev–Trinajstić information content (AvgIpc) is 2.94. The molecule has 7 heteroatoms. The number of aryl methyl sites for hydroxylation is 2. The summed E-state index contributed by atoms with van der Waals surface area (Å²) in [5.74, 6) is -0.123. The molecule has 1 atom stereocenters. The van der Waals surface area contributed by atoms with Gasteiger partial charge in [0.25, 0.3) is 5.91 Å². The van der Waals surface area contributed by atoms with E-state index >= 15 is 0 Å². The van der Waals surface area contributed by atoms with Gasteiger partial charge in [0.1, 0.15) is 17.6 Å². The van der Waals surface area contributed by atoms with Crippen molar-refractivity contribution in [3.8, 4) is 0 Å². The molecule has 6 nitrogen and oxygen atoms in total. The Hall–Kier alpha value is -2.70. The lowest BCUT2D eigenvalue weighted by atomic mass is 10.2. The number of amides is 3. The van der Waals surface area contributed by atoms with Gasteiger partial charge < -0.3 is 4.52 Å². The molecule has 120 valence electrons. The summed E-state index contributed by atoms with van der Waals surface area (Å²) in [7, 11) is 0. The summed E-state index contributed by atoms with van der Waals surface area (Å²) in [6, 6.07) is 4.41. The average molecular weight is 317 g/mol. The number of rotatable bonds is 3. The lowest BCUT2D eigenvalue weighted by molar-refractivity contribution is -0.127. The zero-order valence-corrected chi connectivity index (χ0v) is 13.0. The van der Waals surface area contributed by atoms with Gasteiger partial charge in [-0.1, -0.05) is 5.16 Å². The van der Waals surface area contributed by atoms with Gasteiger partial charge in [-0.3, -0.25) is 14.6 Å². The highest BCUT2D eigenvalue weighted by molar-refractivity contribution is 6.13. The van der Waals surface area contributed by atoms with Crippen molar-refractivity contribution in [2.75, 3.05) is 4.90 Å². The number of carbonyl (C=O) groups is 2. The fraction of sp³-hybridized carbons (Fsp3) is 0.312. The van der Waals surface area contributed by atoms with Crippen LogP contribution in [0.25, 0.3) is 0 Å². The van der Waals surface area contributed by atoms with Crippen LogP contribution in [0, 0.1) is 19.7 Å². The Bertz CT molecular complexity index is 750. The molecule has 3 rings (SSSR count). The lowest BCUT2D eigenvalue weighted by Crippen LogP contribution is -2.33. The summed E-state index contributed by atoms with van der Waals surface area (Å²) >= 11 is 0. The van der Waals surface area contributed by atoms with Crippen molar-refractivity contribution >= 4 is 17.6 Å². The molecule has 1 aliphatic rings. The first-order chi connectivity index (χ1) is 10.9. The Balaban J connectivity index is 1.90. The summed E-state index contributed by atoms with van der Waals surface area (Å²) in [6.45, 7) is 5.26. The molecule has 0 N–H and O–H groups in total. The minimum atomic E-state index is -0.645. The van der Waals surface area contributed by atoms with Crippen molar-refractivity contribution in [2.45, 2.75) is 33.4 Å². The first-order valence-electron chi connectivity index (χ1n) is 7.22. The molecule has 2 heterocycles. The van der Waals surface area contributed by atoms with Crippen molar-refractivity contribution in [3.05, 3.63) is 47.1 Å². The fourth-order valence-corrected chi connectivity index (χ4v) is 2.69. The van der Waals surface area contributed by atoms with Gasteiger partial charge in [0.15, 0.2) is 0 Å². The van der Waals surface area contributed by atoms with E-state index < -0.39 is 17.9 Å². The molecule has 1 fully saturated rings. The Morgan fingerprint density at radius 3 is 2.43 bits per heavy atom. The molecule has 1 saturated heterocycles. The smallest absolute Gasteiger partial charge is 0.332 e. The molecule has 3 amide bonds. The van der Waals surface area contributed by atoms with Crippen molar-refractivity contribution in [2.24, 2.45) is 0 Å². The molecule has 0 bridgehead atoms. The predicted octanol–water partition coefficient (Wildman–Crippen LogP) is 2.79. The molecule has 0 radical (unpaired) electrons. The van der Waals surface area contributed by atoms with Crippen LogP contribution >= 0.6 is 0 Å². The van der Waals surface area contributed by atoms with Crippen LogP contribution in [0.3, 0.4) is 0 Å². The Labute approximate surface area is 132 Å². The van der Waals surface area contributed by atoms with E-state index in [0.717, 1.165) is 5.56 Å². The Morgan fingerprint density at radius 1 is 1.22 bits per heavy atom. The highest BCUT2D eigenvalue weighted by Gasteiger charge is 2.43. The maximum atomic E-state index is 13.1. The molecule has 2 aromatic rings. The zero-order valence-electron chi connectivity index (χ0n) is 13.0. The largest absolute Gasteiger partial charge is 0.361 e. The first kappa shape index (κ1) is 15.2. The quantitative estimate of drug-likeness (QED) is 0.816. The Morgan fingerprint density at radius 2 is 1.87 bits per heavy atom. The maximum Gasteiger partial charge on any atom is 0.332 e. The summed E-state index contributed by atoms with van der Waals surface area (Å²) in [5, 5.41) is 3.83. The van der Waals surface area contributed by atoms with Gasteiger partial charge in [-0.25, -0.2) is 9.18 Å². The molecule has 0 unspecified atom stereocenters. The molecule has 0 aliphatic carbocycles. The second kappa shape index (κ2) is 5.49. The highest BCUT2D eigenvalue weighted by atomic mass is 19.1. The van der Waals surface area contributed by atoms with E-state index in [4.69, 9.17) is 4.52 Å². The van der Waals surface area contributed by atoms with Crippen LogP contribution in [0.1, 0.15) is 23.9 Å². The van der Waals surface area contributed by atoms with E-state index in [-0.39, 0.29) is 12.5 Å². The van der Waals surface area contributed by atoms with Crippen LogP contribution in [0.5, 0.6) is 0 Å². The zero-order chi connectivity index (χ0) is 16.7. The second-order valence-corrected chi connectivity index (χ2v) is 5.53. The maximum absolute atomic E-state index is 13.1. The van der Waals surface area contributed by atoms with Gasteiger partial charge in [0.05, 0.1) is 12.2 Å². The minimum absolute atomic E-state index is 0.112. The number of halogens is 1. The lowest BCUT2D eigenvalue weighted by Gasteiger charge is -2.19. The normalized spacial score (nSPS) is 18.2. The van der Waals surface area contributed by atoms with E-state index in [0.29, 0.717) is 17.1 Å². The number of hydrogen-bond donors (Lipinski definition) is 0. The molecule has 0 saturated carbocycles. The monoisotopic (exact) mass is 317 g/mol. The van der Waals surface area contributed by atoms with Crippen LogP contribution in [-0.4, -0.2) is 28.0 Å². The Kier molecular flexibility index (Phi) is 3.63. The van der Waals surface area contributed by atoms with Gasteiger partial charge in [0, 0.05) is 11.3 Å². The third-order valence-corrected chi connectivity index (χ3v) is 4.05. The molecule has 1 aromatic heterocycles. The van der Waals surface area contributed by atoms with Gasteiger partial charge >= 0.3 is 6.03 Å². The minimum Gasteiger partial charge on any atom is -0.361 e. The molecule has 1 aromatic carbocycles. The van der Waals surface area contributed by atoms with Gasteiger partial charge in [-0.05, 0) is 45.0 Å². The molecule has 0 spiro atoms. The summed E-state index contributed by atoms with van der Waals surface area (Å²) in [6.07, 6.45) is 0. The fourth-order valence-electron chi connectivity index (χ4n) is 2.69. The van der Waals surface area contributed by atoms with Gasteiger partial charge in [-0.15, -0.1) is 0 Å². The second-order valence-electron chi connectivity index (χ2n) is 5.53. The number of imide groups is 1. The van der Waals surface area contributed by atoms with E-state index in [2.05, 4.69) is 5.16 Å². The number of aromatic nitrogens is 1. The van der Waals surface area contributed by atoms with Crippen LogP contribution in [0.4, 0.5) is 14.9 Å². The van der Waals surface area contributed by atoms with Crippen LogP contribution < -0.4 is 4.90 Å². The number of carbonyl (C=O) groups excluding carboxylic acids is 2. The SMILES string of the molecule is Cc1noc(C)c1CN1C(=O)[C@@H](C)N(c2ccc(F)cc2)C1=O. The number of nitrogens with zero attached hydrogens (tertiary/aromatic N) is 3. The third-order valence-electron chi connectivity index (χ3n) is 4.05. The number of urea groups is 1. The van der Waals surface area contributed by atoms with Crippen molar-refractivity contribution in [1.82, 2.24) is 10.1 Å². The summed E-state index contributed by atoms with van der Waals surface area (Å²) in [4.78, 5) is 27.6. The molecular weight excluding hydrogens is 301 g/mol. The molecular formula is C16H16FN3O3. The number of anilines is 1. The number of hydrogen-bond acceptors (Lipinski definition) is 4. The van der Waals surface area contributed by atoms with Crippen molar-refractivity contribution in [3.63, 3.8) is 0 Å². The van der Waals surface area contributed by atoms with Gasteiger partial charge in [0.2, 0.25) is 0 Å².